The fourth-order valence-electron chi connectivity index (χ4n) is 4.87. The summed E-state index contributed by atoms with van der Waals surface area (Å²) in [6.45, 7) is 9.87. The highest BCUT2D eigenvalue weighted by atomic mass is 79.9. The fourth-order valence-corrected chi connectivity index (χ4v) is 5.54. The molecule has 32 heavy (non-hydrogen) atoms. The maximum atomic E-state index is 13.3. The Bertz CT molecular complexity index is 1160. The van der Waals surface area contributed by atoms with Crippen LogP contribution in [0.25, 0.3) is 6.08 Å². The van der Waals surface area contributed by atoms with Crippen molar-refractivity contribution < 1.29 is 9.59 Å². The minimum Gasteiger partial charge on any atom is -0.366 e. The first-order chi connectivity index (χ1) is 15.1. The van der Waals surface area contributed by atoms with E-state index in [0.29, 0.717) is 11.6 Å². The van der Waals surface area contributed by atoms with Gasteiger partial charge in [-0.2, -0.15) is 0 Å². The highest BCUT2D eigenvalue weighted by molar-refractivity contribution is 9.10. The van der Waals surface area contributed by atoms with Gasteiger partial charge in [0.2, 0.25) is 0 Å². The van der Waals surface area contributed by atoms with Crippen LogP contribution in [0, 0.1) is 0 Å². The summed E-state index contributed by atoms with van der Waals surface area (Å²) < 4.78 is 0.820. The predicted octanol–water partition coefficient (Wildman–Crippen LogP) is 5.39. The van der Waals surface area contributed by atoms with E-state index in [4.69, 9.17) is 12.2 Å². The van der Waals surface area contributed by atoms with Gasteiger partial charge in [0, 0.05) is 22.2 Å². The lowest BCUT2D eigenvalue weighted by Crippen LogP contribution is -2.54. The fraction of sp³-hybridized carbons (Fsp3) is 0.320. The van der Waals surface area contributed by atoms with Gasteiger partial charge in [0.1, 0.15) is 5.57 Å². The molecule has 0 spiro atoms. The summed E-state index contributed by atoms with van der Waals surface area (Å²) in [5.41, 5.74) is 4.03. The molecular formula is C25H26BrN3O2S. The van der Waals surface area contributed by atoms with Crippen LogP contribution in [0.4, 0.5) is 11.4 Å². The monoisotopic (exact) mass is 511 g/mol. The maximum Gasteiger partial charge on any atom is 0.270 e. The Morgan fingerprint density at radius 3 is 2.66 bits per heavy atom. The number of benzene rings is 2. The lowest BCUT2D eigenvalue weighted by atomic mass is 9.79. The second-order valence-electron chi connectivity index (χ2n) is 8.92. The van der Waals surface area contributed by atoms with Crippen LogP contribution in [-0.4, -0.2) is 29.0 Å². The number of hydrogen-bond donors (Lipinski definition) is 1. The Labute approximate surface area is 202 Å². The van der Waals surface area contributed by atoms with E-state index >= 15 is 0 Å². The van der Waals surface area contributed by atoms with Crippen molar-refractivity contribution in [2.45, 2.75) is 45.6 Å². The number of fused-ring (bicyclic) bond motifs is 1. The number of nitrogens with zero attached hydrogens (tertiary/aromatic N) is 2. The number of hydrogen-bond acceptors (Lipinski definition) is 4. The van der Waals surface area contributed by atoms with Gasteiger partial charge in [-0.25, -0.2) is 0 Å². The number of thiocarbonyl (C=S) groups is 1. The molecule has 2 heterocycles. The van der Waals surface area contributed by atoms with E-state index in [2.05, 4.69) is 66.0 Å². The molecule has 1 atom stereocenters. The topological polar surface area (TPSA) is 52.7 Å². The molecule has 166 valence electrons. The second kappa shape index (κ2) is 8.45. The van der Waals surface area contributed by atoms with Crippen LogP contribution in [0.3, 0.4) is 0 Å². The normalized spacial score (nSPS) is 21.6. The molecule has 2 aliphatic rings. The third-order valence-corrected chi connectivity index (χ3v) is 6.98. The molecule has 2 aliphatic heterocycles. The average molecular weight is 512 g/mol. The van der Waals surface area contributed by atoms with Crippen molar-refractivity contribution in [1.29, 1.82) is 0 Å². The van der Waals surface area contributed by atoms with Crippen LogP contribution in [0.1, 0.15) is 51.2 Å². The molecule has 7 heteroatoms. The van der Waals surface area contributed by atoms with Gasteiger partial charge in [-0.1, -0.05) is 35.0 Å². The summed E-state index contributed by atoms with van der Waals surface area (Å²) in [4.78, 5) is 29.7. The zero-order valence-electron chi connectivity index (χ0n) is 18.6. The van der Waals surface area contributed by atoms with Gasteiger partial charge < -0.3 is 4.90 Å². The van der Waals surface area contributed by atoms with Gasteiger partial charge in [-0.15, -0.1) is 0 Å². The van der Waals surface area contributed by atoms with Crippen molar-refractivity contribution in [2.75, 3.05) is 16.3 Å². The molecule has 5 nitrogen and oxygen atoms in total. The van der Waals surface area contributed by atoms with Gasteiger partial charge in [0.05, 0.1) is 5.69 Å². The molecule has 2 amide bonds. The van der Waals surface area contributed by atoms with Crippen molar-refractivity contribution in [3.8, 4) is 0 Å². The number of halogens is 1. The van der Waals surface area contributed by atoms with Gasteiger partial charge in [0.25, 0.3) is 11.8 Å². The molecule has 1 saturated heterocycles. The minimum atomic E-state index is -0.478. The van der Waals surface area contributed by atoms with Crippen molar-refractivity contribution in [2.24, 2.45) is 0 Å². The Kier molecular flexibility index (Phi) is 5.98. The number of rotatable bonds is 3. The molecule has 0 aliphatic carbocycles. The Morgan fingerprint density at radius 2 is 1.97 bits per heavy atom. The first-order valence-corrected chi connectivity index (χ1v) is 11.9. The highest BCUT2D eigenvalue weighted by Gasteiger charge is 2.36. The van der Waals surface area contributed by atoms with Crippen LogP contribution in [0.15, 0.2) is 52.5 Å². The van der Waals surface area contributed by atoms with Gasteiger partial charge >= 0.3 is 0 Å². The Morgan fingerprint density at radius 1 is 1.22 bits per heavy atom. The van der Waals surface area contributed by atoms with Crippen molar-refractivity contribution in [3.63, 3.8) is 0 Å². The van der Waals surface area contributed by atoms with E-state index in [1.807, 2.05) is 18.2 Å². The molecular weight excluding hydrogens is 486 g/mol. The summed E-state index contributed by atoms with van der Waals surface area (Å²) in [5.74, 6) is -0.532. The smallest absolute Gasteiger partial charge is 0.270 e. The average Bonchev–Trinajstić information content (AvgIpc) is 2.71. The molecule has 1 N–H and O–H groups in total. The molecule has 1 fully saturated rings. The summed E-state index contributed by atoms with van der Waals surface area (Å²) >= 11 is 8.71. The molecule has 0 saturated carbocycles. The minimum absolute atomic E-state index is 0.0645. The first kappa shape index (κ1) is 22.7. The van der Waals surface area contributed by atoms with Crippen LogP contribution >= 0.6 is 28.1 Å². The first-order valence-electron chi connectivity index (χ1n) is 10.7. The predicted molar refractivity (Wildman–Crippen MR) is 137 cm³/mol. The number of carbonyl (C=O) groups excluding carboxylic acids is 2. The molecule has 4 rings (SSSR count). The van der Waals surface area contributed by atoms with E-state index < -0.39 is 11.8 Å². The highest BCUT2D eigenvalue weighted by Crippen LogP contribution is 2.43. The van der Waals surface area contributed by atoms with E-state index in [1.54, 1.807) is 18.2 Å². The zero-order chi connectivity index (χ0) is 23.2. The molecule has 0 bridgehead atoms. The van der Waals surface area contributed by atoms with Gasteiger partial charge in [-0.05, 0) is 92.9 Å². The Hall–Kier alpha value is -2.51. The maximum absolute atomic E-state index is 13.3. The second-order valence-corrected chi connectivity index (χ2v) is 10.2. The molecule has 2 aromatic carbocycles. The lowest BCUT2D eigenvalue weighted by molar-refractivity contribution is -0.122. The van der Waals surface area contributed by atoms with Crippen LogP contribution < -0.4 is 15.1 Å². The SMILES string of the molecule is CCN1c2ccc(/C=C3\C(=O)NC(=S)N(c4cccc(Br)c4)C3=O)cc2[C@H](C)CC1(C)C. The van der Waals surface area contributed by atoms with Gasteiger partial charge in [0.15, 0.2) is 5.11 Å². The number of anilines is 2. The standard InChI is InChI=1S/C25H26BrN3O2S/c1-5-28-21-10-9-16(11-19(21)15(2)14-25(28,3)4)12-20-22(30)27-24(32)29(23(20)31)18-8-6-7-17(26)13-18/h6-13,15H,5,14H2,1-4H3,(H,27,30,32)/b20-12+/t15-/m1/s1. The molecule has 0 unspecified atom stereocenters. The third kappa shape index (κ3) is 3.99. The van der Waals surface area contributed by atoms with E-state index in [1.165, 1.54) is 16.2 Å². The van der Waals surface area contributed by atoms with Crippen molar-refractivity contribution in [3.05, 3.63) is 63.6 Å². The van der Waals surface area contributed by atoms with Crippen LogP contribution in [0.5, 0.6) is 0 Å². The third-order valence-electron chi connectivity index (χ3n) is 6.21. The summed E-state index contributed by atoms with van der Waals surface area (Å²) in [6, 6.07) is 13.4. The van der Waals surface area contributed by atoms with Gasteiger partial charge in [-0.3, -0.25) is 19.8 Å². The van der Waals surface area contributed by atoms with Crippen LogP contribution in [0.2, 0.25) is 0 Å². The number of carbonyl (C=O) groups is 2. The number of nitrogens with one attached hydrogen (secondary N) is 1. The summed E-state index contributed by atoms with van der Waals surface area (Å²) in [7, 11) is 0. The van der Waals surface area contributed by atoms with Crippen LogP contribution in [-0.2, 0) is 9.59 Å². The summed E-state index contributed by atoms with van der Waals surface area (Å²) in [5, 5.41) is 2.73. The Balaban J connectivity index is 1.73. The largest absolute Gasteiger partial charge is 0.366 e. The number of amides is 2. The zero-order valence-corrected chi connectivity index (χ0v) is 21.0. The quantitative estimate of drug-likeness (QED) is 0.340. The molecule has 0 radical (unpaired) electrons. The lowest BCUT2D eigenvalue weighted by Gasteiger charge is -2.47. The molecule has 2 aromatic rings. The van der Waals surface area contributed by atoms with E-state index in [9.17, 15) is 9.59 Å². The van der Waals surface area contributed by atoms with E-state index in [0.717, 1.165) is 23.0 Å². The summed E-state index contributed by atoms with van der Waals surface area (Å²) in [6.07, 6.45) is 2.70. The van der Waals surface area contributed by atoms with Crippen molar-refractivity contribution in [1.82, 2.24) is 5.32 Å². The van der Waals surface area contributed by atoms with E-state index in [-0.39, 0.29) is 16.2 Å². The molecule has 0 aromatic heterocycles. The van der Waals surface area contributed by atoms with Crippen molar-refractivity contribution >= 4 is 62.5 Å².